The number of rotatable bonds is 12. The molecule has 2 aromatic heterocycles. The summed E-state index contributed by atoms with van der Waals surface area (Å²) < 4.78 is 5.74. The van der Waals surface area contributed by atoms with E-state index in [1.165, 1.54) is 0 Å². The summed E-state index contributed by atoms with van der Waals surface area (Å²) in [6.45, 7) is 4.64. The molecule has 2 N–H and O–H groups in total. The molecule has 0 spiro atoms. The fourth-order valence-electron chi connectivity index (χ4n) is 4.56. The van der Waals surface area contributed by atoms with Gasteiger partial charge in [-0.3, -0.25) is 14.6 Å². The van der Waals surface area contributed by atoms with Crippen molar-refractivity contribution in [1.82, 2.24) is 10.3 Å². The molecule has 6 nitrogen and oxygen atoms in total. The second-order valence-corrected chi connectivity index (χ2v) is 11.5. The Kier molecular flexibility index (Phi) is 9.29. The molecule has 1 atom stereocenters. The highest BCUT2D eigenvalue weighted by atomic mass is 32.2. The van der Waals surface area contributed by atoms with E-state index in [4.69, 9.17) is 4.42 Å². The fraction of sp³-hybridized carbons (Fsp3) is 0.206. The van der Waals surface area contributed by atoms with Gasteiger partial charge >= 0.3 is 0 Å². The van der Waals surface area contributed by atoms with Crippen molar-refractivity contribution in [2.75, 3.05) is 11.9 Å². The molecule has 41 heavy (non-hydrogen) atoms. The van der Waals surface area contributed by atoms with E-state index in [-0.39, 0.29) is 24.3 Å². The van der Waals surface area contributed by atoms with Crippen molar-refractivity contribution in [3.05, 3.63) is 120 Å². The summed E-state index contributed by atoms with van der Waals surface area (Å²) in [5, 5.41) is 7.27. The number of amides is 1. The van der Waals surface area contributed by atoms with Gasteiger partial charge in [0, 0.05) is 44.9 Å². The molecular formula is C34H33N3O3S. The SMILES string of the molecule is CC(C)CCC(NCC(=O)Nc1ccncc1)c1ccc(Sc2ccc(C(=O)c3cc4ccccc4o3)cc2)cc1. The van der Waals surface area contributed by atoms with Gasteiger partial charge < -0.3 is 15.1 Å². The van der Waals surface area contributed by atoms with Crippen LogP contribution in [0, 0.1) is 5.92 Å². The van der Waals surface area contributed by atoms with E-state index >= 15 is 0 Å². The number of carbonyl (C=O) groups is 2. The molecule has 5 rings (SSSR count). The quantitative estimate of drug-likeness (QED) is 0.150. The van der Waals surface area contributed by atoms with E-state index < -0.39 is 0 Å². The lowest BCUT2D eigenvalue weighted by molar-refractivity contribution is -0.115. The van der Waals surface area contributed by atoms with Crippen LogP contribution in [0.5, 0.6) is 0 Å². The summed E-state index contributed by atoms with van der Waals surface area (Å²) in [6, 6.07) is 29.1. The van der Waals surface area contributed by atoms with Crippen LogP contribution in [0.25, 0.3) is 11.0 Å². The van der Waals surface area contributed by atoms with Crippen molar-refractivity contribution in [3.63, 3.8) is 0 Å². The Morgan fingerprint density at radius 3 is 2.22 bits per heavy atom. The molecule has 1 unspecified atom stereocenters. The standard InChI is InChI=1S/C34H33N3O3S/c1-23(2)7-16-30(36-22-33(38)37-27-17-19-35-20-18-27)24-8-12-28(13-9-24)41-29-14-10-25(11-15-29)34(39)32-21-26-5-3-4-6-31(26)40-32/h3-6,8-15,17-21,23,30,36H,7,16,22H2,1-2H3,(H,35,37,38). The molecule has 0 saturated carbocycles. The molecular weight excluding hydrogens is 530 g/mol. The van der Waals surface area contributed by atoms with Crippen molar-refractivity contribution in [1.29, 1.82) is 0 Å². The minimum Gasteiger partial charge on any atom is -0.453 e. The average Bonchev–Trinajstić information content (AvgIpc) is 3.43. The van der Waals surface area contributed by atoms with Gasteiger partial charge in [0.05, 0.1) is 6.54 Å². The van der Waals surface area contributed by atoms with Gasteiger partial charge in [-0.1, -0.05) is 55.9 Å². The molecule has 2 heterocycles. The van der Waals surface area contributed by atoms with Gasteiger partial charge in [-0.2, -0.15) is 0 Å². The van der Waals surface area contributed by atoms with E-state index in [1.54, 1.807) is 42.4 Å². The maximum atomic E-state index is 12.9. The number of nitrogens with one attached hydrogen (secondary N) is 2. The van der Waals surface area contributed by atoms with Crippen LogP contribution in [0.1, 0.15) is 54.4 Å². The summed E-state index contributed by atoms with van der Waals surface area (Å²) in [4.78, 5) is 31.6. The molecule has 0 bridgehead atoms. The first-order valence-corrected chi connectivity index (χ1v) is 14.6. The Morgan fingerprint density at radius 2 is 1.54 bits per heavy atom. The van der Waals surface area contributed by atoms with E-state index in [0.717, 1.165) is 39.3 Å². The van der Waals surface area contributed by atoms with Crippen LogP contribution >= 0.6 is 11.8 Å². The highest BCUT2D eigenvalue weighted by Gasteiger charge is 2.16. The fourth-order valence-corrected chi connectivity index (χ4v) is 5.37. The zero-order valence-electron chi connectivity index (χ0n) is 23.2. The van der Waals surface area contributed by atoms with E-state index in [1.807, 2.05) is 48.5 Å². The van der Waals surface area contributed by atoms with Crippen LogP contribution < -0.4 is 10.6 Å². The molecule has 0 aliphatic rings. The number of aromatic nitrogens is 1. The second kappa shape index (κ2) is 13.4. The van der Waals surface area contributed by atoms with Crippen molar-refractivity contribution in [2.24, 2.45) is 5.92 Å². The van der Waals surface area contributed by atoms with Crippen LogP contribution in [-0.2, 0) is 4.79 Å². The molecule has 0 aliphatic carbocycles. The zero-order valence-corrected chi connectivity index (χ0v) is 24.0. The van der Waals surface area contributed by atoms with Gasteiger partial charge in [-0.25, -0.2) is 0 Å². The number of hydrogen-bond acceptors (Lipinski definition) is 6. The smallest absolute Gasteiger partial charge is 0.238 e. The summed E-state index contributed by atoms with van der Waals surface area (Å²) in [6.07, 6.45) is 5.31. The Bertz CT molecular complexity index is 1560. The lowest BCUT2D eigenvalue weighted by atomic mass is 9.97. The number of carbonyl (C=O) groups excluding carboxylic acids is 2. The van der Waals surface area contributed by atoms with Gasteiger partial charge in [0.2, 0.25) is 11.7 Å². The van der Waals surface area contributed by atoms with Crippen LogP contribution in [0.15, 0.2) is 118 Å². The van der Waals surface area contributed by atoms with Crippen molar-refractivity contribution in [2.45, 2.75) is 42.5 Å². The lowest BCUT2D eigenvalue weighted by Crippen LogP contribution is -2.31. The molecule has 0 fully saturated rings. The molecule has 208 valence electrons. The minimum atomic E-state index is -0.128. The maximum absolute atomic E-state index is 12.9. The normalized spacial score (nSPS) is 12.0. The first-order chi connectivity index (χ1) is 19.9. The third-order valence-electron chi connectivity index (χ3n) is 6.79. The predicted octanol–water partition coefficient (Wildman–Crippen LogP) is 7.92. The molecule has 3 aromatic carbocycles. The van der Waals surface area contributed by atoms with Crippen LogP contribution in [0.3, 0.4) is 0 Å². The average molecular weight is 564 g/mol. The third-order valence-corrected chi connectivity index (χ3v) is 7.81. The van der Waals surface area contributed by atoms with Gasteiger partial charge in [0.15, 0.2) is 5.76 Å². The monoisotopic (exact) mass is 563 g/mol. The molecule has 7 heteroatoms. The first-order valence-electron chi connectivity index (χ1n) is 13.8. The van der Waals surface area contributed by atoms with Crippen molar-refractivity contribution < 1.29 is 14.0 Å². The summed E-state index contributed by atoms with van der Waals surface area (Å²) >= 11 is 1.64. The van der Waals surface area contributed by atoms with Gasteiger partial charge in [-0.05, 0) is 85.0 Å². The number of nitrogens with zero attached hydrogens (tertiary/aromatic N) is 1. The van der Waals surface area contributed by atoms with Crippen LogP contribution in [0.2, 0.25) is 0 Å². The van der Waals surface area contributed by atoms with E-state index in [0.29, 0.717) is 22.8 Å². The van der Waals surface area contributed by atoms with Gasteiger partial charge in [0.25, 0.3) is 0 Å². The Morgan fingerprint density at radius 1 is 0.854 bits per heavy atom. The maximum Gasteiger partial charge on any atom is 0.238 e. The number of pyridine rings is 1. The second-order valence-electron chi connectivity index (χ2n) is 10.4. The molecule has 1 amide bonds. The van der Waals surface area contributed by atoms with E-state index in [2.05, 4.69) is 53.7 Å². The zero-order chi connectivity index (χ0) is 28.6. The van der Waals surface area contributed by atoms with E-state index in [9.17, 15) is 9.59 Å². The number of furan rings is 1. The summed E-state index contributed by atoms with van der Waals surface area (Å²) in [5.41, 5.74) is 3.19. The number of anilines is 1. The Balaban J connectivity index is 1.20. The Labute approximate surface area is 244 Å². The number of fused-ring (bicyclic) bond motifs is 1. The van der Waals surface area contributed by atoms with Crippen molar-refractivity contribution in [3.8, 4) is 0 Å². The third kappa shape index (κ3) is 7.72. The number of para-hydroxylation sites is 1. The van der Waals surface area contributed by atoms with Crippen molar-refractivity contribution >= 4 is 40.1 Å². The van der Waals surface area contributed by atoms with Crippen LogP contribution in [-0.4, -0.2) is 23.2 Å². The highest BCUT2D eigenvalue weighted by Crippen LogP contribution is 2.30. The molecule has 0 saturated heterocycles. The largest absolute Gasteiger partial charge is 0.453 e. The highest BCUT2D eigenvalue weighted by molar-refractivity contribution is 7.99. The Hall–Kier alpha value is -4.20. The lowest BCUT2D eigenvalue weighted by Gasteiger charge is -2.20. The molecule has 5 aromatic rings. The van der Waals surface area contributed by atoms with Crippen LogP contribution in [0.4, 0.5) is 5.69 Å². The van der Waals surface area contributed by atoms with Gasteiger partial charge in [-0.15, -0.1) is 0 Å². The molecule has 0 radical (unpaired) electrons. The number of hydrogen-bond donors (Lipinski definition) is 2. The number of ketones is 1. The van der Waals surface area contributed by atoms with Gasteiger partial charge in [0.1, 0.15) is 5.58 Å². The minimum absolute atomic E-state index is 0.0724. The number of benzene rings is 3. The predicted molar refractivity (Wildman–Crippen MR) is 164 cm³/mol. The summed E-state index contributed by atoms with van der Waals surface area (Å²) in [7, 11) is 0. The summed E-state index contributed by atoms with van der Waals surface area (Å²) in [5.74, 6) is 0.704. The molecule has 0 aliphatic heterocycles. The first kappa shape index (κ1) is 28.3. The topological polar surface area (TPSA) is 84.2 Å².